The number of hydrogen-bond acceptors (Lipinski definition) is 4. The fraction of sp³-hybridized carbons (Fsp3) is 0.0588. The summed E-state index contributed by atoms with van der Waals surface area (Å²) in [6, 6.07) is 16.2. The highest BCUT2D eigenvalue weighted by molar-refractivity contribution is 14.1. The summed E-state index contributed by atoms with van der Waals surface area (Å²) in [6.45, 7) is 0. The van der Waals surface area contributed by atoms with E-state index in [1.807, 2.05) is 43.4 Å². The number of aromatic nitrogens is 1. The maximum absolute atomic E-state index is 4.53. The van der Waals surface area contributed by atoms with Crippen LogP contribution in [0, 0.1) is 7.14 Å². The summed E-state index contributed by atoms with van der Waals surface area (Å²) < 4.78 is 2.34. The van der Waals surface area contributed by atoms with Crippen molar-refractivity contribution in [2.75, 3.05) is 17.8 Å². The van der Waals surface area contributed by atoms with Crippen LogP contribution in [0.15, 0.2) is 53.6 Å². The molecule has 0 bridgehead atoms. The SMILES string of the molecule is CNc1c(I)cc(/C=N\Nc2ccc3ccccc3n2)cc1I. The molecule has 0 aliphatic rings. The average Bonchev–Trinajstić information content (AvgIpc) is 2.54. The van der Waals surface area contributed by atoms with Crippen molar-refractivity contribution in [3.05, 3.63) is 61.2 Å². The van der Waals surface area contributed by atoms with E-state index in [0.717, 1.165) is 28.0 Å². The summed E-state index contributed by atoms with van der Waals surface area (Å²) in [7, 11) is 1.93. The molecule has 23 heavy (non-hydrogen) atoms. The highest BCUT2D eigenvalue weighted by Gasteiger charge is 2.04. The summed E-state index contributed by atoms with van der Waals surface area (Å²) in [6.07, 6.45) is 1.81. The van der Waals surface area contributed by atoms with Gasteiger partial charge in [-0.15, -0.1) is 0 Å². The Morgan fingerprint density at radius 1 is 1.04 bits per heavy atom. The van der Waals surface area contributed by atoms with Crippen LogP contribution in [0.1, 0.15) is 5.56 Å². The van der Waals surface area contributed by atoms with Gasteiger partial charge in [0, 0.05) is 19.6 Å². The molecule has 2 N–H and O–H groups in total. The quantitative estimate of drug-likeness (QED) is 0.287. The zero-order valence-corrected chi connectivity index (χ0v) is 16.7. The number of anilines is 2. The van der Waals surface area contributed by atoms with Gasteiger partial charge >= 0.3 is 0 Å². The molecule has 0 unspecified atom stereocenters. The first-order valence-electron chi connectivity index (χ1n) is 6.99. The van der Waals surface area contributed by atoms with E-state index in [-0.39, 0.29) is 0 Å². The van der Waals surface area contributed by atoms with Crippen LogP contribution in [0.25, 0.3) is 10.9 Å². The molecule has 1 heterocycles. The summed E-state index contributed by atoms with van der Waals surface area (Å²) in [4.78, 5) is 4.53. The predicted octanol–water partition coefficient (Wildman–Crippen LogP) is 4.93. The molecule has 0 aliphatic heterocycles. The molecule has 4 nitrogen and oxygen atoms in total. The second kappa shape index (κ2) is 7.43. The number of rotatable bonds is 4. The third-order valence-electron chi connectivity index (χ3n) is 3.31. The summed E-state index contributed by atoms with van der Waals surface area (Å²) >= 11 is 4.65. The Balaban J connectivity index is 1.77. The number of hydrazone groups is 1. The van der Waals surface area contributed by atoms with Crippen molar-refractivity contribution >= 4 is 73.8 Å². The van der Waals surface area contributed by atoms with Gasteiger partial charge in [0.15, 0.2) is 0 Å². The van der Waals surface area contributed by atoms with E-state index >= 15 is 0 Å². The van der Waals surface area contributed by atoms with Crippen molar-refractivity contribution in [1.29, 1.82) is 0 Å². The van der Waals surface area contributed by atoms with E-state index in [4.69, 9.17) is 0 Å². The Hall–Kier alpha value is -1.42. The third-order valence-corrected chi connectivity index (χ3v) is 5.01. The van der Waals surface area contributed by atoms with E-state index in [1.54, 1.807) is 6.21 Å². The maximum atomic E-state index is 4.53. The van der Waals surface area contributed by atoms with Gasteiger partial charge < -0.3 is 5.32 Å². The number of pyridine rings is 1. The molecule has 3 rings (SSSR count). The molecule has 0 fully saturated rings. The van der Waals surface area contributed by atoms with Crippen LogP contribution in [0.3, 0.4) is 0 Å². The Morgan fingerprint density at radius 3 is 2.52 bits per heavy atom. The second-order valence-corrected chi connectivity index (χ2v) is 7.19. The zero-order chi connectivity index (χ0) is 16.2. The lowest BCUT2D eigenvalue weighted by Gasteiger charge is -2.07. The molecule has 0 saturated heterocycles. The number of fused-ring (bicyclic) bond motifs is 1. The first-order chi connectivity index (χ1) is 11.2. The van der Waals surface area contributed by atoms with Crippen LogP contribution in [-0.4, -0.2) is 18.2 Å². The number of para-hydroxylation sites is 1. The van der Waals surface area contributed by atoms with Crippen molar-refractivity contribution < 1.29 is 0 Å². The van der Waals surface area contributed by atoms with Crippen molar-refractivity contribution in [3.8, 4) is 0 Å². The standard InChI is InChI=1S/C17H14I2N4/c1-20-17-13(18)8-11(9-14(17)19)10-21-23-16-7-6-12-4-2-3-5-15(12)22-16/h2-10,20H,1H3,(H,22,23)/b21-10-. The smallest absolute Gasteiger partial charge is 0.146 e. The lowest BCUT2D eigenvalue weighted by atomic mass is 10.2. The van der Waals surface area contributed by atoms with Crippen molar-refractivity contribution in [3.63, 3.8) is 0 Å². The largest absolute Gasteiger partial charge is 0.386 e. The Labute approximate surface area is 162 Å². The summed E-state index contributed by atoms with van der Waals surface area (Å²) in [5.74, 6) is 0.733. The topological polar surface area (TPSA) is 49.3 Å². The van der Waals surface area contributed by atoms with E-state index < -0.39 is 0 Å². The predicted molar refractivity (Wildman–Crippen MR) is 114 cm³/mol. The molecule has 3 aromatic rings. The van der Waals surface area contributed by atoms with Crippen LogP contribution in [-0.2, 0) is 0 Å². The molecule has 0 spiro atoms. The number of halogens is 2. The third kappa shape index (κ3) is 3.92. The average molecular weight is 528 g/mol. The molecule has 0 aliphatic carbocycles. The van der Waals surface area contributed by atoms with Gasteiger partial charge in [0.2, 0.25) is 0 Å². The molecular formula is C17H14I2N4. The fourth-order valence-electron chi connectivity index (χ4n) is 2.21. The van der Waals surface area contributed by atoms with Gasteiger partial charge in [0.05, 0.1) is 17.4 Å². The first-order valence-corrected chi connectivity index (χ1v) is 9.15. The fourth-order valence-corrected chi connectivity index (χ4v) is 4.56. The van der Waals surface area contributed by atoms with Crippen molar-refractivity contribution in [2.45, 2.75) is 0 Å². The van der Waals surface area contributed by atoms with Gasteiger partial charge in [-0.05, 0) is 81.1 Å². The van der Waals surface area contributed by atoms with Crippen LogP contribution >= 0.6 is 45.2 Å². The number of hydrogen-bond donors (Lipinski definition) is 2. The molecule has 0 radical (unpaired) electrons. The summed E-state index contributed by atoms with van der Waals surface area (Å²) in [5, 5.41) is 8.62. The molecule has 1 aromatic heterocycles. The summed E-state index contributed by atoms with van der Waals surface area (Å²) in [5.41, 5.74) is 6.14. The van der Waals surface area contributed by atoms with Gasteiger partial charge in [0.1, 0.15) is 5.82 Å². The normalized spacial score (nSPS) is 11.1. The van der Waals surface area contributed by atoms with Crippen LogP contribution in [0.5, 0.6) is 0 Å². The Bertz CT molecular complexity index is 854. The van der Waals surface area contributed by atoms with Gasteiger partial charge in [-0.3, -0.25) is 5.43 Å². The van der Waals surface area contributed by atoms with Crippen molar-refractivity contribution in [1.82, 2.24) is 4.98 Å². The minimum absolute atomic E-state index is 0.733. The van der Waals surface area contributed by atoms with Gasteiger partial charge in [-0.2, -0.15) is 5.10 Å². The van der Waals surface area contributed by atoms with Gasteiger partial charge in [-0.1, -0.05) is 18.2 Å². The van der Waals surface area contributed by atoms with E-state index in [9.17, 15) is 0 Å². The molecule has 0 amide bonds. The molecule has 116 valence electrons. The van der Waals surface area contributed by atoms with Gasteiger partial charge in [0.25, 0.3) is 0 Å². The molecule has 0 atom stereocenters. The Kier molecular flexibility index (Phi) is 5.31. The van der Waals surface area contributed by atoms with E-state index in [2.05, 4.69) is 78.1 Å². The van der Waals surface area contributed by atoms with Crippen LogP contribution < -0.4 is 10.7 Å². The van der Waals surface area contributed by atoms with Gasteiger partial charge in [-0.25, -0.2) is 4.98 Å². The maximum Gasteiger partial charge on any atom is 0.146 e. The Morgan fingerprint density at radius 2 is 1.78 bits per heavy atom. The first kappa shape index (κ1) is 16.4. The lowest BCUT2D eigenvalue weighted by molar-refractivity contribution is 1.26. The number of nitrogens with zero attached hydrogens (tertiary/aromatic N) is 2. The minimum Gasteiger partial charge on any atom is -0.386 e. The van der Waals surface area contributed by atoms with Crippen LogP contribution in [0.4, 0.5) is 11.5 Å². The highest BCUT2D eigenvalue weighted by atomic mass is 127. The number of nitrogens with one attached hydrogen (secondary N) is 2. The number of benzene rings is 2. The van der Waals surface area contributed by atoms with Crippen LogP contribution in [0.2, 0.25) is 0 Å². The molecule has 2 aromatic carbocycles. The molecule has 6 heteroatoms. The van der Waals surface area contributed by atoms with E-state index in [1.165, 1.54) is 7.14 Å². The van der Waals surface area contributed by atoms with E-state index in [0.29, 0.717) is 0 Å². The highest BCUT2D eigenvalue weighted by Crippen LogP contribution is 2.25. The minimum atomic E-state index is 0.733. The molecular weight excluding hydrogens is 514 g/mol. The zero-order valence-electron chi connectivity index (χ0n) is 12.3. The van der Waals surface area contributed by atoms with Crippen molar-refractivity contribution in [2.24, 2.45) is 5.10 Å². The monoisotopic (exact) mass is 528 g/mol. The molecule has 0 saturated carbocycles. The second-order valence-electron chi connectivity index (χ2n) is 4.87. The lowest BCUT2D eigenvalue weighted by Crippen LogP contribution is -1.98.